The minimum Gasteiger partial charge on any atom is -0.391 e. The maximum atomic E-state index is 10.00. The van der Waals surface area contributed by atoms with Gasteiger partial charge in [-0.2, -0.15) is 0 Å². The summed E-state index contributed by atoms with van der Waals surface area (Å²) in [5.41, 5.74) is 3.80. The van der Waals surface area contributed by atoms with E-state index in [0.29, 0.717) is 18.7 Å². The number of hydrogen-bond acceptors (Lipinski definition) is 3. The molecule has 0 aliphatic heterocycles. The highest BCUT2D eigenvalue weighted by molar-refractivity contribution is 6.07. The van der Waals surface area contributed by atoms with Crippen LogP contribution in [-0.2, 0) is 17.9 Å². The van der Waals surface area contributed by atoms with Crippen molar-refractivity contribution in [1.82, 2.24) is 0 Å². The van der Waals surface area contributed by atoms with Crippen molar-refractivity contribution < 1.29 is 9.94 Å². The Bertz CT molecular complexity index is 593. The highest BCUT2D eigenvalue weighted by atomic mass is 16.6. The summed E-state index contributed by atoms with van der Waals surface area (Å²) in [6.07, 6.45) is 0.0529. The molecule has 0 bridgehead atoms. The first-order valence-corrected chi connectivity index (χ1v) is 6.35. The topological polar surface area (TPSA) is 41.8 Å². The molecule has 0 saturated carbocycles. The molecule has 1 N–H and O–H groups in total. The quantitative estimate of drug-likeness (QED) is 0.854. The SMILES string of the molecule is OC1Cc2ccccc2/C1=N\OCc1ccccc1. The second-order valence-corrected chi connectivity index (χ2v) is 4.61. The van der Waals surface area contributed by atoms with E-state index >= 15 is 0 Å². The fourth-order valence-electron chi connectivity index (χ4n) is 2.29. The molecule has 0 saturated heterocycles. The molecule has 2 aromatic rings. The van der Waals surface area contributed by atoms with E-state index in [1.54, 1.807) is 0 Å². The predicted molar refractivity (Wildman–Crippen MR) is 73.9 cm³/mol. The van der Waals surface area contributed by atoms with Gasteiger partial charge in [-0.25, -0.2) is 0 Å². The van der Waals surface area contributed by atoms with Crippen LogP contribution in [0, 0.1) is 0 Å². The highest BCUT2D eigenvalue weighted by Crippen LogP contribution is 2.22. The number of hydrogen-bond donors (Lipinski definition) is 1. The van der Waals surface area contributed by atoms with Gasteiger partial charge in [0.05, 0.1) is 0 Å². The molecule has 0 spiro atoms. The summed E-state index contributed by atoms with van der Waals surface area (Å²) < 4.78 is 0. The van der Waals surface area contributed by atoms with Gasteiger partial charge >= 0.3 is 0 Å². The Hall–Kier alpha value is -2.13. The van der Waals surface area contributed by atoms with E-state index in [-0.39, 0.29) is 0 Å². The Kier molecular flexibility index (Phi) is 3.29. The lowest BCUT2D eigenvalue weighted by molar-refractivity contribution is 0.125. The standard InChI is InChI=1S/C16H15NO2/c18-15-10-13-8-4-5-9-14(13)16(15)17-19-11-12-6-2-1-3-7-12/h1-9,15,18H,10-11H2/b17-16+. The summed E-state index contributed by atoms with van der Waals surface area (Å²) in [5, 5.41) is 14.1. The highest BCUT2D eigenvalue weighted by Gasteiger charge is 2.26. The van der Waals surface area contributed by atoms with Gasteiger partial charge in [-0.05, 0) is 11.1 Å². The number of nitrogens with zero attached hydrogens (tertiary/aromatic N) is 1. The fourth-order valence-corrected chi connectivity index (χ4v) is 2.29. The van der Waals surface area contributed by atoms with Gasteiger partial charge in [-0.15, -0.1) is 0 Å². The van der Waals surface area contributed by atoms with Crippen LogP contribution < -0.4 is 0 Å². The van der Waals surface area contributed by atoms with Crippen LogP contribution in [0.3, 0.4) is 0 Å². The van der Waals surface area contributed by atoms with Crippen molar-refractivity contribution in [2.45, 2.75) is 19.1 Å². The molecule has 3 rings (SSSR count). The summed E-state index contributed by atoms with van der Waals surface area (Å²) in [4.78, 5) is 5.36. The summed E-state index contributed by atoms with van der Waals surface area (Å²) in [6.45, 7) is 0.416. The van der Waals surface area contributed by atoms with E-state index < -0.39 is 6.10 Å². The summed E-state index contributed by atoms with van der Waals surface area (Å²) in [6, 6.07) is 17.8. The Morgan fingerprint density at radius 2 is 1.79 bits per heavy atom. The van der Waals surface area contributed by atoms with E-state index in [4.69, 9.17) is 4.84 Å². The maximum Gasteiger partial charge on any atom is 0.142 e. The third kappa shape index (κ3) is 2.51. The smallest absolute Gasteiger partial charge is 0.142 e. The Morgan fingerprint density at radius 3 is 2.63 bits per heavy atom. The molecular formula is C16H15NO2. The summed E-state index contributed by atoms with van der Waals surface area (Å²) in [7, 11) is 0. The molecule has 0 aromatic heterocycles. The van der Waals surface area contributed by atoms with Crippen LogP contribution in [0.25, 0.3) is 0 Å². The monoisotopic (exact) mass is 253 g/mol. The molecule has 96 valence electrons. The van der Waals surface area contributed by atoms with Crippen LogP contribution in [0.5, 0.6) is 0 Å². The lowest BCUT2D eigenvalue weighted by Gasteiger charge is -2.05. The van der Waals surface area contributed by atoms with Crippen molar-refractivity contribution in [2.75, 3.05) is 0 Å². The Morgan fingerprint density at radius 1 is 1.05 bits per heavy atom. The second-order valence-electron chi connectivity index (χ2n) is 4.61. The molecule has 0 heterocycles. The molecule has 2 aromatic carbocycles. The van der Waals surface area contributed by atoms with Crippen molar-refractivity contribution in [2.24, 2.45) is 5.16 Å². The molecule has 0 fully saturated rings. The van der Waals surface area contributed by atoms with E-state index in [0.717, 1.165) is 16.7 Å². The third-order valence-corrected chi connectivity index (χ3v) is 3.26. The minimum atomic E-state index is -0.562. The van der Waals surface area contributed by atoms with E-state index in [1.807, 2.05) is 54.6 Å². The number of rotatable bonds is 3. The van der Waals surface area contributed by atoms with Crippen molar-refractivity contribution in [1.29, 1.82) is 0 Å². The number of aliphatic hydroxyl groups is 1. The molecule has 0 radical (unpaired) electrons. The number of oxime groups is 1. The first-order valence-electron chi connectivity index (χ1n) is 6.35. The van der Waals surface area contributed by atoms with Gasteiger partial charge in [-0.3, -0.25) is 0 Å². The van der Waals surface area contributed by atoms with E-state index in [2.05, 4.69) is 5.16 Å². The molecule has 3 nitrogen and oxygen atoms in total. The molecule has 1 aliphatic carbocycles. The van der Waals surface area contributed by atoms with Crippen molar-refractivity contribution in [3.05, 3.63) is 71.3 Å². The van der Waals surface area contributed by atoms with Crippen LogP contribution in [0.15, 0.2) is 59.8 Å². The van der Waals surface area contributed by atoms with Gasteiger partial charge in [0.2, 0.25) is 0 Å². The molecule has 1 aliphatic rings. The van der Waals surface area contributed by atoms with Gasteiger partial charge in [0.25, 0.3) is 0 Å². The van der Waals surface area contributed by atoms with Crippen LogP contribution in [-0.4, -0.2) is 16.9 Å². The average Bonchev–Trinajstić information content (AvgIpc) is 2.76. The Balaban J connectivity index is 1.74. The first kappa shape index (κ1) is 11.9. The van der Waals surface area contributed by atoms with Crippen molar-refractivity contribution in [3.8, 4) is 0 Å². The van der Waals surface area contributed by atoms with Gasteiger partial charge < -0.3 is 9.94 Å². The zero-order valence-electron chi connectivity index (χ0n) is 10.5. The molecule has 1 atom stereocenters. The van der Waals surface area contributed by atoms with Gasteiger partial charge in [0, 0.05) is 12.0 Å². The van der Waals surface area contributed by atoms with Crippen LogP contribution >= 0.6 is 0 Å². The second kappa shape index (κ2) is 5.24. The van der Waals surface area contributed by atoms with Crippen LogP contribution in [0.2, 0.25) is 0 Å². The van der Waals surface area contributed by atoms with Gasteiger partial charge in [-0.1, -0.05) is 59.8 Å². The molecular weight excluding hydrogens is 238 g/mol. The zero-order valence-corrected chi connectivity index (χ0v) is 10.5. The van der Waals surface area contributed by atoms with Crippen molar-refractivity contribution in [3.63, 3.8) is 0 Å². The van der Waals surface area contributed by atoms with Gasteiger partial charge in [0.15, 0.2) is 0 Å². The minimum absolute atomic E-state index is 0.416. The Labute approximate surface area is 112 Å². The van der Waals surface area contributed by atoms with Crippen LogP contribution in [0.4, 0.5) is 0 Å². The lowest BCUT2D eigenvalue weighted by atomic mass is 10.1. The lowest BCUT2D eigenvalue weighted by Crippen LogP contribution is -2.16. The average molecular weight is 253 g/mol. The van der Waals surface area contributed by atoms with Crippen LogP contribution in [0.1, 0.15) is 16.7 Å². The maximum absolute atomic E-state index is 10.00. The predicted octanol–water partition coefficient (Wildman–Crippen LogP) is 2.52. The van der Waals surface area contributed by atoms with E-state index in [1.165, 1.54) is 0 Å². The number of aliphatic hydroxyl groups excluding tert-OH is 1. The molecule has 19 heavy (non-hydrogen) atoms. The molecule has 1 unspecified atom stereocenters. The number of fused-ring (bicyclic) bond motifs is 1. The molecule has 0 amide bonds. The largest absolute Gasteiger partial charge is 0.391 e. The zero-order chi connectivity index (χ0) is 13.1. The summed E-state index contributed by atoms with van der Waals surface area (Å²) in [5.74, 6) is 0. The normalized spacial score (nSPS) is 19.4. The first-order chi connectivity index (χ1) is 9.34. The fraction of sp³-hybridized carbons (Fsp3) is 0.188. The van der Waals surface area contributed by atoms with Gasteiger partial charge in [0.1, 0.15) is 18.4 Å². The molecule has 3 heteroatoms. The van der Waals surface area contributed by atoms with Crippen molar-refractivity contribution >= 4 is 5.71 Å². The summed E-state index contributed by atoms with van der Waals surface area (Å²) >= 11 is 0. The van der Waals surface area contributed by atoms with E-state index in [9.17, 15) is 5.11 Å². The number of benzene rings is 2. The third-order valence-electron chi connectivity index (χ3n) is 3.26.